The van der Waals surface area contributed by atoms with Crippen molar-refractivity contribution in [3.63, 3.8) is 0 Å². The van der Waals surface area contributed by atoms with E-state index in [2.05, 4.69) is 29.9 Å². The molecule has 16 heteroatoms. The lowest BCUT2D eigenvalue weighted by Gasteiger charge is -2.41. The van der Waals surface area contributed by atoms with Gasteiger partial charge in [0, 0.05) is 119 Å². The second-order valence-corrected chi connectivity index (χ2v) is 17.6. The van der Waals surface area contributed by atoms with Crippen molar-refractivity contribution in [1.82, 2.24) is 29.9 Å². The van der Waals surface area contributed by atoms with Crippen LogP contribution in [0.25, 0.3) is 22.2 Å². The minimum absolute atomic E-state index is 0.0743. The van der Waals surface area contributed by atoms with Crippen LogP contribution >= 0.6 is 0 Å². The summed E-state index contributed by atoms with van der Waals surface area (Å²) in [5, 5.41) is 22.0. The maximum atomic E-state index is 16.4. The number of piperidine rings is 3. The highest BCUT2D eigenvalue weighted by Crippen LogP contribution is 2.38. The summed E-state index contributed by atoms with van der Waals surface area (Å²) in [7, 11) is 1.70. The largest absolute Gasteiger partial charge is 0.507 e. The Morgan fingerprint density at radius 2 is 1.75 bits per heavy atom. The molecule has 0 unspecified atom stereocenters. The molecule has 0 radical (unpaired) electrons. The Balaban J connectivity index is 0.795. The number of aromatic nitrogens is 3. The van der Waals surface area contributed by atoms with Gasteiger partial charge in [0.05, 0.1) is 28.7 Å². The van der Waals surface area contributed by atoms with Gasteiger partial charge in [-0.2, -0.15) is 0 Å². The highest BCUT2D eigenvalue weighted by molar-refractivity contribution is 6.06. The Labute approximate surface area is 364 Å². The Kier molecular flexibility index (Phi) is 11.5. The molecule has 4 saturated heterocycles. The third-order valence-electron chi connectivity index (χ3n) is 13.6. The number of methoxy groups -OCH3 is 1. The highest BCUT2D eigenvalue weighted by atomic mass is 19.1. The Morgan fingerprint density at radius 3 is 2.48 bits per heavy atom. The van der Waals surface area contributed by atoms with Crippen LogP contribution in [-0.4, -0.2) is 119 Å². The Morgan fingerprint density at radius 1 is 0.968 bits per heavy atom. The van der Waals surface area contributed by atoms with Gasteiger partial charge in [0.25, 0.3) is 5.91 Å². The van der Waals surface area contributed by atoms with E-state index in [-0.39, 0.29) is 72.9 Å². The minimum Gasteiger partial charge on any atom is -0.507 e. The van der Waals surface area contributed by atoms with Gasteiger partial charge in [-0.15, -0.1) is 10.2 Å². The Bertz CT molecular complexity index is 2550. The van der Waals surface area contributed by atoms with Gasteiger partial charge >= 0.3 is 6.03 Å². The van der Waals surface area contributed by atoms with Gasteiger partial charge in [-0.25, -0.2) is 13.6 Å². The van der Waals surface area contributed by atoms with Gasteiger partial charge in [0.1, 0.15) is 17.2 Å². The zero-order chi connectivity index (χ0) is 44.0. The second kappa shape index (κ2) is 17.2. The maximum Gasteiger partial charge on any atom is 0.328 e. The summed E-state index contributed by atoms with van der Waals surface area (Å²) < 4.78 is 39.8. The number of aromatic hydroxyl groups is 1. The van der Waals surface area contributed by atoms with Crippen molar-refractivity contribution in [3.05, 3.63) is 95.4 Å². The number of nitrogens with one attached hydrogen (secondary N) is 1. The average molecular weight is 862 g/mol. The molecule has 4 fully saturated rings. The van der Waals surface area contributed by atoms with E-state index >= 15 is 8.78 Å². The number of alkyl halides is 1. The normalized spacial score (nSPS) is 21.2. The lowest BCUT2D eigenvalue weighted by Crippen LogP contribution is -2.51. The quantitative estimate of drug-likeness (QED) is 0.148. The number of urea groups is 1. The number of nitrogen functional groups attached to an aromatic ring is 1. The number of phenolic OH excluding ortho intramolecular Hbond substituents is 1. The van der Waals surface area contributed by atoms with Crippen LogP contribution in [-0.2, 0) is 9.53 Å². The summed E-state index contributed by atoms with van der Waals surface area (Å²) in [6.45, 7) is 5.76. The number of fused-ring (bicyclic) bond motifs is 1. The molecule has 4 N–H and O–H groups in total. The van der Waals surface area contributed by atoms with Gasteiger partial charge in [0.15, 0.2) is 5.82 Å². The number of likely N-dealkylation sites (tertiary alicyclic amines) is 2. The van der Waals surface area contributed by atoms with Crippen LogP contribution in [0.1, 0.15) is 72.0 Å². The number of nitrogens with two attached hydrogens (primary N) is 1. The molecule has 0 bridgehead atoms. The number of nitrogens with zero attached hydrogens (tertiary/aromatic N) is 7. The predicted octanol–water partition coefficient (Wildman–Crippen LogP) is 6.57. The standard InChI is InChI=1S/C47H53F2N9O5/c1-29-21-31(7-8-35(29)32-22-34(63-2)27-56(26-32)41-25-38(52-53-44(41)50)36-5-3-4-6-42(36)59)45(61)55-19-13-47(49,14-20-55)28-54-15-10-33(11-16-54)57-17-9-30-23-40(37(48)24-39(30)57)58-18-12-43(60)51-46(58)62/h3-9,17,21,23-25,32-34,59H,10-16,18-20,22,26-28H2,1-2H3,(H2,50,53)(H,51,60,62)/t32-,34+/m0/s1. The van der Waals surface area contributed by atoms with Crippen molar-refractivity contribution in [3.8, 4) is 17.0 Å². The third-order valence-corrected chi connectivity index (χ3v) is 13.6. The van der Waals surface area contributed by atoms with E-state index in [4.69, 9.17) is 10.5 Å². The monoisotopic (exact) mass is 861 g/mol. The summed E-state index contributed by atoms with van der Waals surface area (Å²) in [4.78, 5) is 45.2. The van der Waals surface area contributed by atoms with Gasteiger partial charge < -0.3 is 34.8 Å². The number of benzene rings is 3. The molecule has 3 aromatic carbocycles. The van der Waals surface area contributed by atoms with E-state index in [1.54, 1.807) is 36.3 Å². The minimum atomic E-state index is -1.41. The number of imide groups is 1. The molecule has 63 heavy (non-hydrogen) atoms. The molecule has 330 valence electrons. The van der Waals surface area contributed by atoms with E-state index in [0.29, 0.717) is 68.3 Å². The number of para-hydroxylation sites is 1. The fourth-order valence-electron chi connectivity index (χ4n) is 10.1. The first-order valence-electron chi connectivity index (χ1n) is 21.8. The number of phenols is 1. The number of carbonyl (C=O) groups excluding carboxylic acids is 3. The number of ether oxygens (including phenoxy) is 1. The molecule has 4 aliphatic rings. The average Bonchev–Trinajstić information content (AvgIpc) is 3.69. The van der Waals surface area contributed by atoms with Crippen LogP contribution in [0.4, 0.5) is 30.8 Å². The van der Waals surface area contributed by atoms with Crippen LogP contribution in [0, 0.1) is 12.7 Å². The molecule has 6 heterocycles. The van der Waals surface area contributed by atoms with Crippen molar-refractivity contribution < 1.29 is 33.0 Å². The smallest absolute Gasteiger partial charge is 0.328 e. The molecule has 4 aliphatic heterocycles. The van der Waals surface area contributed by atoms with E-state index in [1.807, 2.05) is 49.5 Å². The van der Waals surface area contributed by atoms with Crippen molar-refractivity contribution in [2.45, 2.75) is 69.2 Å². The number of hydrogen-bond donors (Lipinski definition) is 3. The van der Waals surface area contributed by atoms with E-state index in [0.717, 1.165) is 41.3 Å². The lowest BCUT2D eigenvalue weighted by molar-refractivity contribution is -0.120. The summed E-state index contributed by atoms with van der Waals surface area (Å²) >= 11 is 0. The zero-order valence-corrected chi connectivity index (χ0v) is 35.6. The van der Waals surface area contributed by atoms with Crippen LogP contribution in [0.5, 0.6) is 5.75 Å². The van der Waals surface area contributed by atoms with Crippen molar-refractivity contribution in [2.24, 2.45) is 0 Å². The first-order chi connectivity index (χ1) is 30.4. The van der Waals surface area contributed by atoms with Crippen molar-refractivity contribution in [1.29, 1.82) is 0 Å². The second-order valence-electron chi connectivity index (χ2n) is 17.6. The highest BCUT2D eigenvalue weighted by Gasteiger charge is 2.39. The molecule has 2 atom stereocenters. The molecule has 4 amide bonds. The molecular formula is C47H53F2N9O5. The van der Waals surface area contributed by atoms with Crippen LogP contribution < -0.4 is 20.9 Å². The number of rotatable bonds is 9. The molecule has 14 nitrogen and oxygen atoms in total. The molecule has 0 saturated carbocycles. The van der Waals surface area contributed by atoms with Gasteiger partial charge in [-0.3, -0.25) is 19.8 Å². The Hall–Kier alpha value is -6.13. The first-order valence-corrected chi connectivity index (χ1v) is 21.8. The van der Waals surface area contributed by atoms with Gasteiger partial charge in [-0.1, -0.05) is 18.2 Å². The molecule has 9 rings (SSSR count). The third kappa shape index (κ3) is 8.53. The SMILES string of the molecule is CO[C@@H]1C[C@H](c2ccc(C(=O)N3CCC(F)(CN4CCC(n5ccc6cc(N7CCC(=O)NC7=O)c(F)cc65)CC4)CC3)cc2C)CN(c2cc(-c3ccccc3O)nnc2N)C1. The van der Waals surface area contributed by atoms with Gasteiger partial charge in [0.2, 0.25) is 5.91 Å². The summed E-state index contributed by atoms with van der Waals surface area (Å²) in [6.07, 6.45) is 4.84. The predicted molar refractivity (Wildman–Crippen MR) is 236 cm³/mol. The topological polar surface area (TPSA) is 162 Å². The number of hydrogen-bond acceptors (Lipinski definition) is 10. The summed E-state index contributed by atoms with van der Waals surface area (Å²) in [5.74, 6) is -0.530. The number of aryl methyl sites for hydroxylation is 1. The van der Waals surface area contributed by atoms with Crippen LogP contribution in [0.3, 0.4) is 0 Å². The molecule has 2 aromatic heterocycles. The molecule has 0 aliphatic carbocycles. The fraction of sp³-hybridized carbons (Fsp3) is 0.426. The van der Waals surface area contributed by atoms with Crippen molar-refractivity contribution in [2.75, 3.05) is 75.0 Å². The van der Waals surface area contributed by atoms with E-state index in [9.17, 15) is 19.5 Å². The lowest BCUT2D eigenvalue weighted by atomic mass is 9.85. The molecule has 0 spiro atoms. The van der Waals surface area contributed by atoms with Crippen LogP contribution in [0.15, 0.2) is 72.9 Å². The van der Waals surface area contributed by atoms with Crippen molar-refractivity contribution >= 4 is 45.9 Å². The molecule has 5 aromatic rings. The van der Waals surface area contributed by atoms with E-state index < -0.39 is 17.5 Å². The van der Waals surface area contributed by atoms with Gasteiger partial charge in [-0.05, 0) is 79.8 Å². The zero-order valence-electron chi connectivity index (χ0n) is 35.6. The summed E-state index contributed by atoms with van der Waals surface area (Å²) in [6, 6.07) is 19.2. The van der Waals surface area contributed by atoms with E-state index in [1.165, 1.54) is 11.0 Å². The summed E-state index contributed by atoms with van der Waals surface area (Å²) in [5.41, 5.74) is 10.3. The fourth-order valence-corrected chi connectivity index (χ4v) is 10.1. The molecular weight excluding hydrogens is 809 g/mol. The number of carbonyl (C=O) groups is 3. The number of halogens is 2. The number of amides is 4. The van der Waals surface area contributed by atoms with Crippen LogP contribution in [0.2, 0.25) is 0 Å². The number of anilines is 3. The first kappa shape index (κ1) is 42.2. The maximum absolute atomic E-state index is 16.4.